The van der Waals surface area contributed by atoms with Gasteiger partial charge >= 0.3 is 0 Å². The van der Waals surface area contributed by atoms with Crippen molar-refractivity contribution in [2.75, 3.05) is 30.7 Å². The van der Waals surface area contributed by atoms with E-state index in [1.807, 2.05) is 37.3 Å². The molecule has 2 aromatic rings. The van der Waals surface area contributed by atoms with Crippen LogP contribution >= 0.6 is 11.8 Å². The normalized spacial score (nSPS) is 10.7. The molecule has 1 amide bonds. The summed E-state index contributed by atoms with van der Waals surface area (Å²) in [4.78, 5) is 17.7. The highest BCUT2D eigenvalue weighted by Gasteiger charge is 2.04. The number of hydrogen-bond donors (Lipinski definition) is 3. The minimum atomic E-state index is -0.194. The van der Waals surface area contributed by atoms with Crippen LogP contribution in [0.3, 0.4) is 0 Å². The fourth-order valence-corrected chi connectivity index (χ4v) is 3.02. The van der Waals surface area contributed by atoms with Crippen LogP contribution in [0.2, 0.25) is 0 Å². The van der Waals surface area contributed by atoms with Gasteiger partial charge < -0.3 is 16.0 Å². The van der Waals surface area contributed by atoms with E-state index in [4.69, 9.17) is 6.42 Å². The van der Waals surface area contributed by atoms with Gasteiger partial charge in [-0.2, -0.15) is 0 Å². The molecule has 6 heteroatoms. The van der Waals surface area contributed by atoms with Crippen LogP contribution < -0.4 is 16.0 Å². The number of aliphatic imine (C=N–C) groups is 1. The molecular formula is C21H24N4OS. The van der Waals surface area contributed by atoms with Crippen LogP contribution in [0.5, 0.6) is 0 Å². The highest BCUT2D eigenvalue weighted by molar-refractivity contribution is 7.99. The van der Waals surface area contributed by atoms with E-state index in [1.54, 1.807) is 23.9 Å². The number of hydrogen-bond acceptors (Lipinski definition) is 3. The van der Waals surface area contributed by atoms with Crippen molar-refractivity contribution in [1.82, 2.24) is 10.6 Å². The molecule has 27 heavy (non-hydrogen) atoms. The third kappa shape index (κ3) is 7.89. The minimum absolute atomic E-state index is 0.0292. The molecule has 0 aromatic heterocycles. The lowest BCUT2D eigenvalue weighted by molar-refractivity contribution is -0.114. The third-order valence-electron chi connectivity index (χ3n) is 3.44. The van der Waals surface area contributed by atoms with Crippen molar-refractivity contribution in [3.63, 3.8) is 0 Å². The molecule has 0 saturated heterocycles. The van der Waals surface area contributed by atoms with Gasteiger partial charge in [0.15, 0.2) is 5.96 Å². The Balaban J connectivity index is 1.79. The summed E-state index contributed by atoms with van der Waals surface area (Å²) in [7, 11) is 0. The number of anilines is 1. The van der Waals surface area contributed by atoms with Crippen LogP contribution in [0.1, 0.15) is 12.5 Å². The zero-order valence-electron chi connectivity index (χ0n) is 15.4. The molecule has 0 heterocycles. The van der Waals surface area contributed by atoms with Crippen molar-refractivity contribution in [2.45, 2.75) is 11.8 Å². The maximum atomic E-state index is 12.1. The number of nitrogens with zero attached hydrogens (tertiary/aromatic N) is 1. The van der Waals surface area contributed by atoms with Gasteiger partial charge in [-0.3, -0.25) is 4.79 Å². The quantitative estimate of drug-likeness (QED) is 0.217. The molecule has 0 bridgehead atoms. The molecule has 0 aliphatic carbocycles. The highest BCUT2D eigenvalue weighted by atomic mass is 32.2. The molecule has 3 N–H and O–H groups in total. The largest absolute Gasteiger partial charge is 0.357 e. The van der Waals surface area contributed by atoms with Crippen LogP contribution in [0.15, 0.2) is 64.5 Å². The Morgan fingerprint density at radius 2 is 1.96 bits per heavy atom. The van der Waals surface area contributed by atoms with Crippen molar-refractivity contribution in [3.05, 3.63) is 60.2 Å². The van der Waals surface area contributed by atoms with E-state index in [0.717, 1.165) is 24.4 Å². The summed E-state index contributed by atoms with van der Waals surface area (Å²) < 4.78 is 0. The Labute approximate surface area is 165 Å². The Morgan fingerprint density at radius 3 is 2.70 bits per heavy atom. The summed E-state index contributed by atoms with van der Waals surface area (Å²) >= 11 is 1.77. The average molecular weight is 381 g/mol. The number of guanidine groups is 1. The third-order valence-corrected chi connectivity index (χ3v) is 4.46. The number of thioether (sulfide) groups is 1. The molecule has 0 saturated carbocycles. The molecule has 0 atom stereocenters. The Bertz CT molecular complexity index is 799. The van der Waals surface area contributed by atoms with Crippen LogP contribution in [0, 0.1) is 12.3 Å². The molecule has 0 spiro atoms. The van der Waals surface area contributed by atoms with Gasteiger partial charge in [0.05, 0.1) is 0 Å². The summed E-state index contributed by atoms with van der Waals surface area (Å²) in [5.74, 6) is 3.88. The fourth-order valence-electron chi connectivity index (χ4n) is 2.23. The molecule has 0 aliphatic heterocycles. The second-order valence-corrected chi connectivity index (χ2v) is 6.73. The molecule has 0 fully saturated rings. The van der Waals surface area contributed by atoms with Crippen LogP contribution in [-0.4, -0.2) is 37.3 Å². The van der Waals surface area contributed by atoms with Gasteiger partial charge in [-0.25, -0.2) is 4.99 Å². The summed E-state index contributed by atoms with van der Waals surface area (Å²) in [6.45, 7) is 3.49. The van der Waals surface area contributed by atoms with E-state index in [1.165, 1.54) is 4.90 Å². The van der Waals surface area contributed by atoms with Gasteiger partial charge in [-0.05, 0) is 37.3 Å². The van der Waals surface area contributed by atoms with Crippen LogP contribution in [0.25, 0.3) is 0 Å². The molecule has 2 aromatic carbocycles. The summed E-state index contributed by atoms with van der Waals surface area (Å²) in [6, 6.07) is 17.4. The number of amides is 1. The van der Waals surface area contributed by atoms with Crippen molar-refractivity contribution in [2.24, 2.45) is 4.99 Å². The van der Waals surface area contributed by atoms with Crippen molar-refractivity contribution >= 4 is 29.3 Å². The maximum Gasteiger partial charge on any atom is 0.246 e. The van der Waals surface area contributed by atoms with Crippen LogP contribution in [-0.2, 0) is 4.79 Å². The van der Waals surface area contributed by atoms with Gasteiger partial charge in [0.2, 0.25) is 5.91 Å². The predicted octanol–water partition coefficient (Wildman–Crippen LogP) is 2.95. The molecule has 2 rings (SSSR count). The summed E-state index contributed by atoms with van der Waals surface area (Å²) in [5.41, 5.74) is 1.39. The molecule has 0 radical (unpaired) electrons. The lowest BCUT2D eigenvalue weighted by Gasteiger charge is -2.11. The lowest BCUT2D eigenvalue weighted by Crippen LogP contribution is -2.39. The molecule has 5 nitrogen and oxygen atoms in total. The minimum Gasteiger partial charge on any atom is -0.357 e. The Hall–Kier alpha value is -2.91. The standard InChI is InChI=1S/C21H24N4OS/c1-3-17-9-8-10-18(15-17)25-20(26)16-24-21(22-4-2)23-13-14-27-19-11-6-5-7-12-19/h1,5-12,15H,4,13-14,16H2,2H3,(H,25,26)(H2,22,23,24). The molecule has 0 unspecified atom stereocenters. The van der Waals surface area contributed by atoms with E-state index < -0.39 is 0 Å². The number of benzene rings is 2. The number of terminal acetylenes is 1. The van der Waals surface area contributed by atoms with Crippen LogP contribution in [0.4, 0.5) is 5.69 Å². The topological polar surface area (TPSA) is 65.5 Å². The van der Waals surface area contributed by atoms with Crippen molar-refractivity contribution < 1.29 is 4.79 Å². The average Bonchev–Trinajstić information content (AvgIpc) is 2.70. The van der Waals surface area contributed by atoms with Gasteiger partial charge in [0.1, 0.15) is 6.54 Å². The summed E-state index contributed by atoms with van der Waals surface area (Å²) in [6.07, 6.45) is 5.37. The molecule has 140 valence electrons. The Morgan fingerprint density at radius 1 is 1.15 bits per heavy atom. The van der Waals surface area contributed by atoms with E-state index >= 15 is 0 Å². The van der Waals surface area contributed by atoms with E-state index in [-0.39, 0.29) is 12.5 Å². The zero-order valence-corrected chi connectivity index (χ0v) is 16.2. The molecule has 0 aliphatic rings. The van der Waals surface area contributed by atoms with Crippen molar-refractivity contribution in [3.8, 4) is 12.3 Å². The number of nitrogens with one attached hydrogen (secondary N) is 3. The second-order valence-electron chi connectivity index (χ2n) is 5.56. The SMILES string of the molecule is C#Cc1cccc(NC(=O)CN=C(NCC)NCCSc2ccccc2)c1. The van der Waals surface area contributed by atoms with E-state index in [2.05, 4.69) is 39.0 Å². The molecular weight excluding hydrogens is 356 g/mol. The first-order valence-corrected chi connectivity index (χ1v) is 9.76. The fraction of sp³-hybridized carbons (Fsp3) is 0.238. The smallest absolute Gasteiger partial charge is 0.246 e. The van der Waals surface area contributed by atoms with Gasteiger partial charge in [0, 0.05) is 35.0 Å². The zero-order chi connectivity index (χ0) is 19.3. The maximum absolute atomic E-state index is 12.1. The first-order chi connectivity index (χ1) is 13.2. The highest BCUT2D eigenvalue weighted by Crippen LogP contribution is 2.15. The Kier molecular flexibility index (Phi) is 8.81. The monoisotopic (exact) mass is 380 g/mol. The predicted molar refractivity (Wildman–Crippen MR) is 114 cm³/mol. The van der Waals surface area contributed by atoms with Gasteiger partial charge in [0.25, 0.3) is 0 Å². The first kappa shape index (κ1) is 20.4. The number of carbonyl (C=O) groups is 1. The van der Waals surface area contributed by atoms with Gasteiger partial charge in [-0.15, -0.1) is 18.2 Å². The van der Waals surface area contributed by atoms with Gasteiger partial charge in [-0.1, -0.05) is 30.2 Å². The van der Waals surface area contributed by atoms with E-state index in [0.29, 0.717) is 11.6 Å². The van der Waals surface area contributed by atoms with Crippen molar-refractivity contribution in [1.29, 1.82) is 0 Å². The number of carbonyl (C=O) groups excluding carboxylic acids is 1. The number of rotatable bonds is 8. The van der Waals surface area contributed by atoms with E-state index in [9.17, 15) is 4.79 Å². The second kappa shape index (κ2) is 11.7. The lowest BCUT2D eigenvalue weighted by atomic mass is 10.2. The first-order valence-electron chi connectivity index (χ1n) is 8.78. The summed E-state index contributed by atoms with van der Waals surface area (Å²) in [5, 5.41) is 9.18.